The number of halogens is 1. The molecule has 2 aromatic rings. The molecule has 0 atom stereocenters. The molecule has 104 valence electrons. The average Bonchev–Trinajstić information content (AvgIpc) is 2.38. The van der Waals surface area contributed by atoms with Gasteiger partial charge in [-0.3, -0.25) is 4.79 Å². The van der Waals surface area contributed by atoms with Gasteiger partial charge in [0, 0.05) is 29.4 Å². The van der Waals surface area contributed by atoms with E-state index in [0.717, 1.165) is 10.0 Å². The van der Waals surface area contributed by atoms with Crippen molar-refractivity contribution in [3.05, 3.63) is 58.1 Å². The van der Waals surface area contributed by atoms with Gasteiger partial charge in [0.25, 0.3) is 5.91 Å². The molecule has 0 aromatic heterocycles. The van der Waals surface area contributed by atoms with Gasteiger partial charge in [-0.15, -0.1) is 0 Å². The Morgan fingerprint density at radius 3 is 2.60 bits per heavy atom. The molecule has 20 heavy (non-hydrogen) atoms. The predicted molar refractivity (Wildman–Crippen MR) is 85.2 cm³/mol. The summed E-state index contributed by atoms with van der Waals surface area (Å²) in [5.74, 6) is -0.123. The Bertz CT molecular complexity index is 643. The number of nitrogens with zero attached hydrogens (tertiary/aromatic N) is 1. The van der Waals surface area contributed by atoms with Gasteiger partial charge in [0.1, 0.15) is 0 Å². The molecule has 1 amide bonds. The summed E-state index contributed by atoms with van der Waals surface area (Å²) in [5, 5.41) is 0. The fourth-order valence-corrected chi connectivity index (χ4v) is 2.41. The second kappa shape index (κ2) is 5.96. The van der Waals surface area contributed by atoms with Gasteiger partial charge in [0.2, 0.25) is 0 Å². The molecule has 4 N–H and O–H groups in total. The van der Waals surface area contributed by atoms with E-state index in [0.29, 0.717) is 23.5 Å². The van der Waals surface area contributed by atoms with Gasteiger partial charge >= 0.3 is 0 Å². The second-order valence-electron chi connectivity index (χ2n) is 4.64. The number of carbonyl (C=O) groups is 1. The molecule has 2 aromatic carbocycles. The molecule has 5 heteroatoms. The first-order chi connectivity index (χ1) is 9.47. The molecule has 0 aliphatic heterocycles. The highest BCUT2D eigenvalue weighted by Gasteiger charge is 2.15. The van der Waals surface area contributed by atoms with E-state index in [2.05, 4.69) is 15.9 Å². The molecule has 0 fully saturated rings. The lowest BCUT2D eigenvalue weighted by molar-refractivity contribution is 0.0786. The zero-order chi connectivity index (χ0) is 14.7. The molecule has 0 saturated carbocycles. The van der Waals surface area contributed by atoms with Crippen molar-refractivity contribution in [3.8, 4) is 0 Å². The third kappa shape index (κ3) is 3.30. The van der Waals surface area contributed by atoms with Crippen LogP contribution in [0.5, 0.6) is 0 Å². The highest BCUT2D eigenvalue weighted by Crippen LogP contribution is 2.19. The zero-order valence-corrected chi connectivity index (χ0v) is 12.7. The Kier molecular flexibility index (Phi) is 4.29. The van der Waals surface area contributed by atoms with Gasteiger partial charge in [-0.05, 0) is 35.9 Å². The number of nitrogen functional groups attached to an aromatic ring is 2. The molecule has 0 saturated heterocycles. The third-order valence-corrected chi connectivity index (χ3v) is 3.45. The van der Waals surface area contributed by atoms with Gasteiger partial charge < -0.3 is 16.4 Å². The Morgan fingerprint density at radius 1 is 1.20 bits per heavy atom. The number of hydrogen-bond acceptors (Lipinski definition) is 3. The van der Waals surface area contributed by atoms with Crippen molar-refractivity contribution in [2.24, 2.45) is 0 Å². The van der Waals surface area contributed by atoms with E-state index in [1.165, 1.54) is 0 Å². The fraction of sp³-hybridized carbons (Fsp3) is 0.133. The van der Waals surface area contributed by atoms with Crippen LogP contribution in [0.2, 0.25) is 0 Å². The minimum Gasteiger partial charge on any atom is -0.399 e. The van der Waals surface area contributed by atoms with Crippen LogP contribution in [0, 0.1) is 0 Å². The topological polar surface area (TPSA) is 72.3 Å². The first-order valence-electron chi connectivity index (χ1n) is 6.12. The van der Waals surface area contributed by atoms with E-state index in [-0.39, 0.29) is 5.91 Å². The van der Waals surface area contributed by atoms with Gasteiger partial charge in [0.15, 0.2) is 0 Å². The van der Waals surface area contributed by atoms with Gasteiger partial charge in [-0.2, -0.15) is 0 Å². The van der Waals surface area contributed by atoms with Crippen molar-refractivity contribution in [1.82, 2.24) is 4.90 Å². The maximum atomic E-state index is 12.4. The van der Waals surface area contributed by atoms with Crippen LogP contribution in [-0.4, -0.2) is 17.9 Å². The lowest BCUT2D eigenvalue weighted by Crippen LogP contribution is -2.27. The maximum absolute atomic E-state index is 12.4. The van der Waals surface area contributed by atoms with Crippen molar-refractivity contribution in [2.45, 2.75) is 6.54 Å². The smallest absolute Gasteiger partial charge is 0.255 e. The van der Waals surface area contributed by atoms with Crippen LogP contribution in [0.3, 0.4) is 0 Å². The molecule has 0 heterocycles. The van der Waals surface area contributed by atoms with Crippen LogP contribution in [0.1, 0.15) is 15.9 Å². The van der Waals surface area contributed by atoms with Crippen molar-refractivity contribution in [3.63, 3.8) is 0 Å². The number of anilines is 2. The summed E-state index contributed by atoms with van der Waals surface area (Å²) in [4.78, 5) is 14.0. The molecular weight excluding hydrogens is 318 g/mol. The summed E-state index contributed by atoms with van der Waals surface area (Å²) >= 11 is 3.42. The number of hydrogen-bond donors (Lipinski definition) is 2. The summed E-state index contributed by atoms with van der Waals surface area (Å²) in [6.45, 7) is 0.516. The monoisotopic (exact) mass is 333 g/mol. The standard InChI is InChI=1S/C15H16BrN3O/c1-19(9-10-3-2-4-11(16)7-10)15(20)13-6-5-12(17)8-14(13)18/h2-8H,9,17-18H2,1H3. The van der Waals surface area contributed by atoms with E-state index in [9.17, 15) is 4.79 Å². The minimum absolute atomic E-state index is 0.123. The largest absolute Gasteiger partial charge is 0.399 e. The Hall–Kier alpha value is -2.01. The lowest BCUT2D eigenvalue weighted by atomic mass is 10.1. The molecule has 2 rings (SSSR count). The second-order valence-corrected chi connectivity index (χ2v) is 5.55. The Labute approximate surface area is 126 Å². The number of amides is 1. The van der Waals surface area contributed by atoms with Crippen LogP contribution in [0.4, 0.5) is 11.4 Å². The predicted octanol–water partition coefficient (Wildman–Crippen LogP) is 2.89. The number of rotatable bonds is 3. The third-order valence-electron chi connectivity index (χ3n) is 2.96. The van der Waals surface area contributed by atoms with Crippen LogP contribution >= 0.6 is 15.9 Å². The molecule has 0 radical (unpaired) electrons. The number of carbonyl (C=O) groups excluding carboxylic acids is 1. The van der Waals surface area contributed by atoms with Gasteiger partial charge in [-0.1, -0.05) is 28.1 Å². The van der Waals surface area contributed by atoms with Crippen molar-refractivity contribution in [2.75, 3.05) is 18.5 Å². The highest BCUT2D eigenvalue weighted by molar-refractivity contribution is 9.10. The molecular formula is C15H16BrN3O. The molecule has 4 nitrogen and oxygen atoms in total. The van der Waals surface area contributed by atoms with Crippen LogP contribution in [0.25, 0.3) is 0 Å². The summed E-state index contributed by atoms with van der Waals surface area (Å²) in [7, 11) is 1.75. The summed E-state index contributed by atoms with van der Waals surface area (Å²) < 4.78 is 0.989. The van der Waals surface area contributed by atoms with E-state index in [1.807, 2.05) is 24.3 Å². The van der Waals surface area contributed by atoms with Crippen LogP contribution in [0.15, 0.2) is 46.9 Å². The van der Waals surface area contributed by atoms with Crippen molar-refractivity contribution >= 4 is 33.2 Å². The Morgan fingerprint density at radius 2 is 1.95 bits per heavy atom. The molecule has 0 bridgehead atoms. The normalized spacial score (nSPS) is 10.3. The molecule has 0 aliphatic carbocycles. The van der Waals surface area contributed by atoms with Crippen molar-refractivity contribution in [1.29, 1.82) is 0 Å². The maximum Gasteiger partial charge on any atom is 0.255 e. The first-order valence-corrected chi connectivity index (χ1v) is 6.91. The van der Waals surface area contributed by atoms with Gasteiger partial charge in [-0.25, -0.2) is 0 Å². The summed E-state index contributed by atoms with van der Waals surface area (Å²) in [5.41, 5.74) is 13.9. The van der Waals surface area contributed by atoms with Gasteiger partial charge in [0.05, 0.1) is 5.56 Å². The number of nitrogens with two attached hydrogens (primary N) is 2. The molecule has 0 aliphatic rings. The zero-order valence-electron chi connectivity index (χ0n) is 11.1. The van der Waals surface area contributed by atoms with Crippen LogP contribution < -0.4 is 11.5 Å². The molecule has 0 unspecified atom stereocenters. The van der Waals surface area contributed by atoms with E-state index in [4.69, 9.17) is 11.5 Å². The number of benzene rings is 2. The van der Waals surface area contributed by atoms with E-state index in [1.54, 1.807) is 30.1 Å². The fourth-order valence-electron chi connectivity index (χ4n) is 1.96. The summed E-state index contributed by atoms with van der Waals surface area (Å²) in [6.07, 6.45) is 0. The van der Waals surface area contributed by atoms with Crippen LogP contribution in [-0.2, 0) is 6.54 Å². The quantitative estimate of drug-likeness (QED) is 0.848. The first kappa shape index (κ1) is 14.4. The highest BCUT2D eigenvalue weighted by atomic mass is 79.9. The SMILES string of the molecule is CN(Cc1cccc(Br)c1)C(=O)c1ccc(N)cc1N. The Balaban J connectivity index is 2.16. The minimum atomic E-state index is -0.123. The lowest BCUT2D eigenvalue weighted by Gasteiger charge is -2.18. The van der Waals surface area contributed by atoms with E-state index < -0.39 is 0 Å². The van der Waals surface area contributed by atoms with Crippen molar-refractivity contribution < 1.29 is 4.79 Å². The summed E-state index contributed by atoms with van der Waals surface area (Å²) in [6, 6.07) is 12.8. The average molecular weight is 334 g/mol. The molecule has 0 spiro atoms. The van der Waals surface area contributed by atoms with E-state index >= 15 is 0 Å².